The van der Waals surface area contributed by atoms with Crippen LogP contribution in [0.2, 0.25) is 0 Å². The monoisotopic (exact) mass is 298 g/mol. The van der Waals surface area contributed by atoms with Crippen molar-refractivity contribution in [2.75, 3.05) is 13.1 Å². The summed E-state index contributed by atoms with van der Waals surface area (Å²) in [5.74, 6) is 1.46. The topological polar surface area (TPSA) is 58.4 Å². The first kappa shape index (κ1) is 13.8. The SMILES string of the molecule is Cc1nc2ccccn2c1C(C)(C)NC(=O)C1C2CNCC21. The van der Waals surface area contributed by atoms with Crippen molar-refractivity contribution in [1.29, 1.82) is 0 Å². The molecule has 2 fully saturated rings. The molecule has 2 N–H and O–H groups in total. The number of hydrogen-bond donors (Lipinski definition) is 2. The highest BCUT2D eigenvalue weighted by atomic mass is 16.2. The lowest BCUT2D eigenvalue weighted by molar-refractivity contribution is -0.124. The number of hydrogen-bond acceptors (Lipinski definition) is 3. The van der Waals surface area contributed by atoms with Gasteiger partial charge in [-0.25, -0.2) is 4.98 Å². The summed E-state index contributed by atoms with van der Waals surface area (Å²) in [6.45, 7) is 8.09. The lowest BCUT2D eigenvalue weighted by atomic mass is 9.98. The average Bonchev–Trinajstić information content (AvgIpc) is 2.81. The molecule has 22 heavy (non-hydrogen) atoms. The zero-order chi connectivity index (χ0) is 15.5. The van der Waals surface area contributed by atoms with Gasteiger partial charge in [-0.2, -0.15) is 0 Å². The first-order valence-electron chi connectivity index (χ1n) is 7.96. The van der Waals surface area contributed by atoms with Gasteiger partial charge in [-0.3, -0.25) is 4.79 Å². The summed E-state index contributed by atoms with van der Waals surface area (Å²) < 4.78 is 2.07. The largest absolute Gasteiger partial charge is 0.345 e. The molecule has 2 atom stereocenters. The van der Waals surface area contributed by atoms with Crippen molar-refractivity contribution in [2.24, 2.45) is 17.8 Å². The molecule has 0 bridgehead atoms. The second kappa shape index (κ2) is 4.56. The zero-order valence-electron chi connectivity index (χ0n) is 13.3. The molecule has 5 nitrogen and oxygen atoms in total. The Bertz CT molecular complexity index is 738. The maximum absolute atomic E-state index is 12.6. The number of piperidine rings is 1. The fraction of sp³-hybridized carbons (Fsp3) is 0.529. The average molecular weight is 298 g/mol. The Hall–Kier alpha value is -1.88. The van der Waals surface area contributed by atoms with E-state index < -0.39 is 5.54 Å². The minimum absolute atomic E-state index is 0.187. The van der Waals surface area contributed by atoms with Crippen molar-refractivity contribution >= 4 is 11.6 Å². The first-order valence-corrected chi connectivity index (χ1v) is 7.96. The maximum Gasteiger partial charge on any atom is 0.224 e. The number of nitrogens with zero attached hydrogens (tertiary/aromatic N) is 2. The standard InChI is InChI=1S/C17H22N4O/c1-10-15(21-7-5-4-6-13(21)19-10)17(2,3)20-16(22)14-11-8-18-9-12(11)14/h4-7,11-12,14,18H,8-9H2,1-3H3,(H,20,22). The van der Waals surface area contributed by atoms with Crippen molar-refractivity contribution in [3.05, 3.63) is 35.8 Å². The van der Waals surface area contributed by atoms with E-state index in [1.807, 2.05) is 31.3 Å². The van der Waals surface area contributed by atoms with Gasteiger partial charge < -0.3 is 15.0 Å². The number of aryl methyl sites for hydroxylation is 1. The molecule has 2 aromatic rings. The van der Waals surface area contributed by atoms with Crippen LogP contribution in [0.3, 0.4) is 0 Å². The van der Waals surface area contributed by atoms with Gasteiger partial charge in [0.2, 0.25) is 5.91 Å². The summed E-state index contributed by atoms with van der Waals surface area (Å²) >= 11 is 0. The third-order valence-electron chi connectivity index (χ3n) is 5.13. The van der Waals surface area contributed by atoms with Crippen LogP contribution in [0.5, 0.6) is 0 Å². The number of imidazole rings is 1. The highest BCUT2D eigenvalue weighted by Crippen LogP contribution is 2.49. The Morgan fingerprint density at radius 2 is 2.09 bits per heavy atom. The van der Waals surface area contributed by atoms with Gasteiger partial charge in [-0.1, -0.05) is 6.07 Å². The number of pyridine rings is 1. The summed E-state index contributed by atoms with van der Waals surface area (Å²) in [6.07, 6.45) is 2.01. The highest BCUT2D eigenvalue weighted by molar-refractivity contribution is 5.83. The first-order chi connectivity index (χ1) is 10.5. The second-order valence-corrected chi connectivity index (χ2v) is 7.10. The Morgan fingerprint density at radius 1 is 1.36 bits per heavy atom. The van der Waals surface area contributed by atoms with Crippen LogP contribution >= 0.6 is 0 Å². The number of nitrogens with one attached hydrogen (secondary N) is 2. The van der Waals surface area contributed by atoms with Crippen LogP contribution < -0.4 is 10.6 Å². The molecular weight excluding hydrogens is 276 g/mol. The van der Waals surface area contributed by atoms with Gasteiger partial charge in [0.05, 0.1) is 16.9 Å². The van der Waals surface area contributed by atoms with E-state index in [2.05, 4.69) is 33.9 Å². The number of rotatable bonds is 3. The predicted octanol–water partition coefficient (Wildman–Crippen LogP) is 1.46. The van der Waals surface area contributed by atoms with E-state index in [9.17, 15) is 4.79 Å². The van der Waals surface area contributed by atoms with E-state index in [4.69, 9.17) is 0 Å². The minimum atomic E-state index is -0.438. The Labute approximate surface area is 130 Å². The van der Waals surface area contributed by atoms with Crippen molar-refractivity contribution in [3.63, 3.8) is 0 Å². The van der Waals surface area contributed by atoms with Crippen LogP contribution in [0, 0.1) is 24.7 Å². The fourth-order valence-corrected chi connectivity index (χ4v) is 4.12. The van der Waals surface area contributed by atoms with Crippen LogP contribution in [-0.2, 0) is 10.3 Å². The Balaban J connectivity index is 1.62. The number of aromatic nitrogens is 2. The van der Waals surface area contributed by atoms with Gasteiger partial charge in [-0.15, -0.1) is 0 Å². The van der Waals surface area contributed by atoms with E-state index in [0.29, 0.717) is 11.8 Å². The van der Waals surface area contributed by atoms with Crippen molar-refractivity contribution in [3.8, 4) is 0 Å². The van der Waals surface area contributed by atoms with Crippen LogP contribution in [0.4, 0.5) is 0 Å². The van der Waals surface area contributed by atoms with Crippen molar-refractivity contribution in [1.82, 2.24) is 20.0 Å². The molecule has 1 amide bonds. The smallest absolute Gasteiger partial charge is 0.224 e. The van der Waals surface area contributed by atoms with Crippen molar-refractivity contribution < 1.29 is 4.79 Å². The number of fused-ring (bicyclic) bond motifs is 2. The van der Waals surface area contributed by atoms with E-state index in [1.165, 1.54) is 0 Å². The van der Waals surface area contributed by atoms with Gasteiger partial charge in [0, 0.05) is 12.1 Å². The van der Waals surface area contributed by atoms with E-state index in [-0.39, 0.29) is 11.8 Å². The zero-order valence-corrected chi connectivity index (χ0v) is 13.3. The molecule has 4 rings (SSSR count). The lowest BCUT2D eigenvalue weighted by Crippen LogP contribution is -2.44. The summed E-state index contributed by atoms with van der Waals surface area (Å²) in [5, 5.41) is 6.59. The summed E-state index contributed by atoms with van der Waals surface area (Å²) in [5.41, 5.74) is 2.51. The van der Waals surface area contributed by atoms with E-state index in [0.717, 1.165) is 30.1 Å². The number of carbonyl (C=O) groups excluding carboxylic acids is 1. The minimum Gasteiger partial charge on any atom is -0.345 e. The van der Waals surface area contributed by atoms with Crippen LogP contribution in [0.25, 0.3) is 5.65 Å². The molecule has 0 spiro atoms. The fourth-order valence-electron chi connectivity index (χ4n) is 4.12. The predicted molar refractivity (Wildman–Crippen MR) is 84.4 cm³/mol. The quantitative estimate of drug-likeness (QED) is 0.902. The van der Waals surface area contributed by atoms with Gasteiger partial charge in [0.25, 0.3) is 0 Å². The van der Waals surface area contributed by atoms with Crippen LogP contribution in [0.15, 0.2) is 24.4 Å². The van der Waals surface area contributed by atoms with Crippen LogP contribution in [-0.4, -0.2) is 28.4 Å². The molecule has 0 aromatic carbocycles. The highest BCUT2D eigenvalue weighted by Gasteiger charge is 2.57. The normalized spacial score (nSPS) is 27.0. The Morgan fingerprint density at radius 3 is 2.82 bits per heavy atom. The van der Waals surface area contributed by atoms with Gasteiger partial charge in [0.15, 0.2) is 0 Å². The van der Waals surface area contributed by atoms with E-state index in [1.54, 1.807) is 0 Å². The molecule has 1 aliphatic heterocycles. The summed E-state index contributed by atoms with van der Waals surface area (Å²) in [7, 11) is 0. The molecule has 0 radical (unpaired) electrons. The summed E-state index contributed by atoms with van der Waals surface area (Å²) in [6, 6.07) is 5.97. The Kier molecular flexibility index (Phi) is 2.85. The molecular formula is C17H22N4O. The van der Waals surface area contributed by atoms with Gasteiger partial charge >= 0.3 is 0 Å². The molecule has 1 saturated heterocycles. The number of amides is 1. The van der Waals surface area contributed by atoms with Gasteiger partial charge in [-0.05, 0) is 57.8 Å². The summed E-state index contributed by atoms with van der Waals surface area (Å²) in [4.78, 5) is 17.2. The molecule has 2 aliphatic rings. The molecule has 2 unspecified atom stereocenters. The molecule has 5 heteroatoms. The number of carbonyl (C=O) groups is 1. The second-order valence-electron chi connectivity index (χ2n) is 7.10. The van der Waals surface area contributed by atoms with Crippen LogP contribution in [0.1, 0.15) is 25.2 Å². The molecule has 1 saturated carbocycles. The molecule has 1 aliphatic carbocycles. The molecule has 3 heterocycles. The maximum atomic E-state index is 12.6. The van der Waals surface area contributed by atoms with E-state index >= 15 is 0 Å². The van der Waals surface area contributed by atoms with Gasteiger partial charge in [0.1, 0.15) is 5.65 Å². The lowest BCUT2D eigenvalue weighted by Gasteiger charge is -2.27. The molecule has 2 aromatic heterocycles. The third kappa shape index (κ3) is 1.96. The molecule has 116 valence electrons. The third-order valence-corrected chi connectivity index (χ3v) is 5.13. The van der Waals surface area contributed by atoms with Crippen molar-refractivity contribution in [2.45, 2.75) is 26.3 Å².